The zero-order valence-corrected chi connectivity index (χ0v) is 20.2. The standard InChI is InChI=1S/C27H28N2O7/c1-33-18-7-8-21(34-2)19(16-18)24-23(25(30)22-15-17-5-3-4-6-20(17)36-22)26(31)27(32)29(24)10-9-28-11-13-35-14-12-28/h3-8,15-16,24,31H,9-14H2,1-2H3/t24-/m1/s1. The molecule has 0 spiro atoms. The second-order valence-electron chi connectivity index (χ2n) is 8.70. The summed E-state index contributed by atoms with van der Waals surface area (Å²) in [6, 6.07) is 13.2. The Morgan fingerprint density at radius 3 is 2.56 bits per heavy atom. The Hall–Kier alpha value is -3.82. The highest BCUT2D eigenvalue weighted by atomic mass is 16.5. The molecule has 1 aromatic heterocycles. The van der Waals surface area contributed by atoms with E-state index in [0.717, 1.165) is 18.5 Å². The largest absolute Gasteiger partial charge is 0.503 e. The van der Waals surface area contributed by atoms with Gasteiger partial charge in [0.05, 0.1) is 39.0 Å². The van der Waals surface area contributed by atoms with E-state index in [2.05, 4.69) is 4.90 Å². The molecule has 36 heavy (non-hydrogen) atoms. The fraction of sp³-hybridized carbons (Fsp3) is 0.333. The summed E-state index contributed by atoms with van der Waals surface area (Å²) in [5.74, 6) is -0.703. The van der Waals surface area contributed by atoms with E-state index >= 15 is 0 Å². The van der Waals surface area contributed by atoms with Gasteiger partial charge in [-0.15, -0.1) is 0 Å². The van der Waals surface area contributed by atoms with Crippen molar-refractivity contribution >= 4 is 22.7 Å². The van der Waals surface area contributed by atoms with Gasteiger partial charge < -0.3 is 28.6 Å². The van der Waals surface area contributed by atoms with E-state index in [1.54, 1.807) is 30.3 Å². The molecule has 3 heterocycles. The molecule has 1 N–H and O–H groups in total. The molecule has 5 rings (SSSR count). The third kappa shape index (κ3) is 4.31. The maximum absolute atomic E-state index is 13.8. The number of hydrogen-bond acceptors (Lipinski definition) is 8. The van der Waals surface area contributed by atoms with Crippen LogP contribution in [0.4, 0.5) is 0 Å². The molecule has 9 heteroatoms. The Morgan fingerprint density at radius 1 is 1.06 bits per heavy atom. The number of aliphatic hydroxyl groups is 1. The lowest BCUT2D eigenvalue weighted by atomic mass is 9.94. The normalized spacial score (nSPS) is 18.8. The van der Waals surface area contributed by atoms with Crippen LogP contribution in [0, 0.1) is 0 Å². The van der Waals surface area contributed by atoms with Crippen LogP contribution >= 0.6 is 0 Å². The Balaban J connectivity index is 1.57. The second-order valence-corrected chi connectivity index (χ2v) is 8.70. The fourth-order valence-corrected chi connectivity index (χ4v) is 4.79. The molecular weight excluding hydrogens is 464 g/mol. The number of carbonyl (C=O) groups excluding carboxylic acids is 2. The summed E-state index contributed by atoms with van der Waals surface area (Å²) < 4.78 is 22.2. The number of fused-ring (bicyclic) bond motifs is 1. The lowest BCUT2D eigenvalue weighted by Crippen LogP contribution is -2.43. The molecule has 3 aromatic rings. The molecule has 0 radical (unpaired) electrons. The van der Waals surface area contributed by atoms with Gasteiger partial charge in [0, 0.05) is 37.1 Å². The zero-order chi connectivity index (χ0) is 25.2. The Kier molecular flexibility index (Phi) is 6.67. The van der Waals surface area contributed by atoms with Gasteiger partial charge in [-0.3, -0.25) is 14.5 Å². The van der Waals surface area contributed by atoms with Crippen molar-refractivity contribution in [1.82, 2.24) is 9.80 Å². The third-order valence-corrected chi connectivity index (χ3v) is 6.69. The smallest absolute Gasteiger partial charge is 0.290 e. The van der Waals surface area contributed by atoms with Gasteiger partial charge in [-0.25, -0.2) is 0 Å². The number of carbonyl (C=O) groups is 2. The quantitative estimate of drug-likeness (QED) is 0.478. The third-order valence-electron chi connectivity index (χ3n) is 6.69. The number of amides is 1. The number of aliphatic hydroxyl groups excluding tert-OH is 1. The number of ketones is 1. The van der Waals surface area contributed by atoms with Crippen LogP contribution in [0.1, 0.15) is 22.2 Å². The van der Waals surface area contributed by atoms with Crippen molar-refractivity contribution in [2.24, 2.45) is 0 Å². The average Bonchev–Trinajstić information content (AvgIpc) is 3.46. The molecule has 2 aliphatic heterocycles. The van der Waals surface area contributed by atoms with E-state index in [1.807, 2.05) is 18.2 Å². The van der Waals surface area contributed by atoms with Gasteiger partial charge in [-0.2, -0.15) is 0 Å². The van der Waals surface area contributed by atoms with Gasteiger partial charge in [-0.1, -0.05) is 18.2 Å². The Labute approximate surface area is 208 Å². The Morgan fingerprint density at radius 2 is 1.83 bits per heavy atom. The van der Waals surface area contributed by atoms with Gasteiger partial charge in [0.1, 0.15) is 17.1 Å². The molecule has 9 nitrogen and oxygen atoms in total. The van der Waals surface area contributed by atoms with E-state index in [1.165, 1.54) is 19.1 Å². The minimum Gasteiger partial charge on any atom is -0.503 e. The highest BCUT2D eigenvalue weighted by molar-refractivity contribution is 6.16. The van der Waals surface area contributed by atoms with Crippen LogP contribution in [-0.4, -0.2) is 80.2 Å². The maximum atomic E-state index is 13.8. The van der Waals surface area contributed by atoms with Crippen LogP contribution in [0.25, 0.3) is 11.0 Å². The number of furan rings is 1. The molecule has 1 atom stereocenters. The first kappa shape index (κ1) is 23.9. The van der Waals surface area contributed by atoms with Crippen LogP contribution in [0.5, 0.6) is 11.5 Å². The van der Waals surface area contributed by atoms with Crippen molar-refractivity contribution in [2.75, 3.05) is 53.6 Å². The molecule has 0 unspecified atom stereocenters. The number of para-hydroxylation sites is 1. The molecule has 2 aliphatic rings. The monoisotopic (exact) mass is 492 g/mol. The lowest BCUT2D eigenvalue weighted by Gasteiger charge is -2.32. The molecule has 1 fully saturated rings. The minimum atomic E-state index is -0.885. The summed E-state index contributed by atoms with van der Waals surface area (Å²) in [5, 5.41) is 11.8. The summed E-state index contributed by atoms with van der Waals surface area (Å²) in [6.07, 6.45) is 0. The predicted molar refractivity (Wildman–Crippen MR) is 131 cm³/mol. The highest BCUT2D eigenvalue weighted by Gasteiger charge is 2.45. The van der Waals surface area contributed by atoms with Gasteiger partial charge >= 0.3 is 0 Å². The number of benzene rings is 2. The van der Waals surface area contributed by atoms with E-state index in [4.69, 9.17) is 18.6 Å². The highest BCUT2D eigenvalue weighted by Crippen LogP contribution is 2.43. The van der Waals surface area contributed by atoms with Crippen molar-refractivity contribution in [3.8, 4) is 11.5 Å². The molecule has 2 aromatic carbocycles. The number of hydrogen-bond donors (Lipinski definition) is 1. The van der Waals surface area contributed by atoms with Crippen molar-refractivity contribution in [1.29, 1.82) is 0 Å². The van der Waals surface area contributed by atoms with Crippen molar-refractivity contribution in [3.05, 3.63) is 71.2 Å². The van der Waals surface area contributed by atoms with E-state index in [9.17, 15) is 14.7 Å². The summed E-state index contributed by atoms with van der Waals surface area (Å²) in [7, 11) is 3.06. The van der Waals surface area contributed by atoms with Crippen LogP contribution in [-0.2, 0) is 9.53 Å². The number of rotatable bonds is 8. The number of morpholine rings is 1. The van der Waals surface area contributed by atoms with Crippen molar-refractivity contribution in [3.63, 3.8) is 0 Å². The molecule has 1 saturated heterocycles. The lowest BCUT2D eigenvalue weighted by molar-refractivity contribution is -0.129. The summed E-state index contributed by atoms with van der Waals surface area (Å²) >= 11 is 0. The summed E-state index contributed by atoms with van der Waals surface area (Å²) in [6.45, 7) is 3.61. The van der Waals surface area contributed by atoms with Crippen molar-refractivity contribution < 1.29 is 33.3 Å². The molecule has 188 valence electrons. The van der Waals surface area contributed by atoms with Crippen LogP contribution < -0.4 is 9.47 Å². The molecule has 1 amide bonds. The first-order chi connectivity index (χ1) is 17.5. The van der Waals surface area contributed by atoms with Gasteiger partial charge in [0.25, 0.3) is 5.91 Å². The molecule has 0 bridgehead atoms. The van der Waals surface area contributed by atoms with Crippen molar-refractivity contribution in [2.45, 2.75) is 6.04 Å². The van der Waals surface area contributed by atoms with E-state index < -0.39 is 23.5 Å². The van der Waals surface area contributed by atoms with Gasteiger partial charge in [-0.05, 0) is 30.3 Å². The van der Waals surface area contributed by atoms with E-state index in [-0.39, 0.29) is 11.3 Å². The van der Waals surface area contributed by atoms with E-state index in [0.29, 0.717) is 48.9 Å². The fourth-order valence-electron chi connectivity index (χ4n) is 4.79. The second kappa shape index (κ2) is 10.0. The summed E-state index contributed by atoms with van der Waals surface area (Å²) in [4.78, 5) is 30.8. The number of methoxy groups -OCH3 is 2. The van der Waals surface area contributed by atoms with Crippen LogP contribution in [0.3, 0.4) is 0 Å². The first-order valence-corrected chi connectivity index (χ1v) is 11.8. The first-order valence-electron chi connectivity index (χ1n) is 11.8. The number of ether oxygens (including phenoxy) is 3. The summed E-state index contributed by atoms with van der Waals surface area (Å²) in [5.41, 5.74) is 1.04. The number of nitrogens with zero attached hydrogens (tertiary/aromatic N) is 2. The van der Waals surface area contributed by atoms with Crippen LogP contribution in [0.2, 0.25) is 0 Å². The predicted octanol–water partition coefficient (Wildman–Crippen LogP) is 3.36. The molecular formula is C27H28N2O7. The Bertz CT molecular complexity index is 1290. The average molecular weight is 493 g/mol. The number of Topliss-reactive ketones (excluding diaryl/α,β-unsaturated/α-hetero) is 1. The SMILES string of the molecule is COc1ccc(OC)c([C@@H]2C(C(=O)c3cc4ccccc4o3)=C(O)C(=O)N2CCN2CCOCC2)c1. The van der Waals surface area contributed by atoms with Gasteiger partial charge in [0.2, 0.25) is 5.78 Å². The maximum Gasteiger partial charge on any atom is 0.290 e. The van der Waals surface area contributed by atoms with Gasteiger partial charge in [0.15, 0.2) is 11.5 Å². The van der Waals surface area contributed by atoms with Crippen LogP contribution in [0.15, 0.2) is 64.3 Å². The minimum absolute atomic E-state index is 0.0485. The molecule has 0 aliphatic carbocycles. The topological polar surface area (TPSA) is 102 Å². The molecule has 0 saturated carbocycles. The zero-order valence-electron chi connectivity index (χ0n) is 20.2.